The van der Waals surface area contributed by atoms with Gasteiger partial charge in [-0.15, -0.1) is 0 Å². The van der Waals surface area contributed by atoms with E-state index in [2.05, 4.69) is 24.9 Å². The van der Waals surface area contributed by atoms with Crippen LogP contribution in [0.5, 0.6) is 5.75 Å². The van der Waals surface area contributed by atoms with Crippen molar-refractivity contribution in [1.82, 2.24) is 9.80 Å². The van der Waals surface area contributed by atoms with Crippen molar-refractivity contribution in [3.8, 4) is 11.8 Å². The number of aliphatic carboxylic acids is 1. The van der Waals surface area contributed by atoms with Crippen LogP contribution in [0.2, 0.25) is 0 Å². The second-order valence-corrected chi connectivity index (χ2v) is 11.6. The Labute approximate surface area is 225 Å². The van der Waals surface area contributed by atoms with Crippen LogP contribution in [0.1, 0.15) is 83.1 Å². The maximum absolute atomic E-state index is 15.0. The Balaban J connectivity index is 1.47. The Hall–Kier alpha value is -2.66. The van der Waals surface area contributed by atoms with E-state index in [1.807, 2.05) is 4.90 Å². The lowest BCUT2D eigenvalue weighted by Gasteiger charge is -2.41. The molecule has 2 saturated heterocycles. The van der Waals surface area contributed by atoms with Crippen LogP contribution in [0.15, 0.2) is 18.2 Å². The summed E-state index contributed by atoms with van der Waals surface area (Å²) >= 11 is 0. The zero-order valence-corrected chi connectivity index (χ0v) is 22.9. The van der Waals surface area contributed by atoms with E-state index < -0.39 is 22.6 Å². The molecule has 2 unspecified atom stereocenters. The number of amides is 1. The van der Waals surface area contributed by atoms with E-state index in [0.717, 1.165) is 45.1 Å². The number of hydrogen-bond acceptors (Lipinski definition) is 5. The summed E-state index contributed by atoms with van der Waals surface area (Å²) in [7, 11) is 2.12. The molecule has 2 atom stereocenters. The number of carbonyl (C=O) groups is 2. The number of halogens is 1. The Kier molecular flexibility index (Phi) is 8.97. The predicted molar refractivity (Wildman–Crippen MR) is 142 cm³/mol. The smallest absolute Gasteiger partial charge is 0.309 e. The van der Waals surface area contributed by atoms with E-state index in [4.69, 9.17) is 4.74 Å². The topological polar surface area (TPSA) is 93.9 Å². The average molecular weight is 528 g/mol. The molecular weight excluding hydrogens is 485 g/mol. The molecule has 0 bridgehead atoms. The molecule has 1 aromatic rings. The minimum absolute atomic E-state index is 0.0295. The number of carboxylic acids is 1. The molecule has 0 aromatic heterocycles. The Morgan fingerprint density at radius 3 is 2.50 bits per heavy atom. The van der Waals surface area contributed by atoms with Crippen LogP contribution >= 0.6 is 0 Å². The van der Waals surface area contributed by atoms with Gasteiger partial charge >= 0.3 is 5.97 Å². The SMILES string of the molecule is CCCC1C(C(=O)N2CCC(C#N)(c3cccc(F)c3OCCC3(C(=O)O)CCC3)CC2)CCCCN1C. The van der Waals surface area contributed by atoms with E-state index in [-0.39, 0.29) is 30.2 Å². The van der Waals surface area contributed by atoms with Crippen molar-refractivity contribution in [3.63, 3.8) is 0 Å². The van der Waals surface area contributed by atoms with E-state index in [1.54, 1.807) is 12.1 Å². The van der Waals surface area contributed by atoms with Crippen molar-refractivity contribution in [1.29, 1.82) is 5.26 Å². The van der Waals surface area contributed by atoms with Gasteiger partial charge in [0.15, 0.2) is 11.6 Å². The summed E-state index contributed by atoms with van der Waals surface area (Å²) in [6, 6.07) is 7.34. The number of benzene rings is 1. The van der Waals surface area contributed by atoms with Gasteiger partial charge in [-0.3, -0.25) is 9.59 Å². The maximum atomic E-state index is 15.0. The number of nitrogens with zero attached hydrogens (tertiary/aromatic N) is 3. The quantitative estimate of drug-likeness (QED) is 0.478. The van der Waals surface area contributed by atoms with Gasteiger partial charge in [-0.1, -0.05) is 38.3 Å². The summed E-state index contributed by atoms with van der Waals surface area (Å²) < 4.78 is 20.9. The summed E-state index contributed by atoms with van der Waals surface area (Å²) in [5.41, 5.74) is -1.24. The van der Waals surface area contributed by atoms with Crippen molar-refractivity contribution in [2.24, 2.45) is 11.3 Å². The number of para-hydroxylation sites is 1. The van der Waals surface area contributed by atoms with Crippen LogP contribution in [-0.4, -0.2) is 66.1 Å². The highest BCUT2D eigenvalue weighted by atomic mass is 19.1. The number of rotatable bonds is 9. The van der Waals surface area contributed by atoms with Crippen LogP contribution in [0, 0.1) is 28.5 Å². The van der Waals surface area contributed by atoms with Gasteiger partial charge in [0.05, 0.1) is 29.4 Å². The highest BCUT2D eigenvalue weighted by Gasteiger charge is 2.45. The molecule has 7 nitrogen and oxygen atoms in total. The molecule has 0 spiro atoms. The average Bonchev–Trinajstić information content (AvgIpc) is 3.07. The summed E-state index contributed by atoms with van der Waals surface area (Å²) in [6.45, 7) is 4.16. The summed E-state index contributed by atoms with van der Waals surface area (Å²) in [6.07, 6.45) is 8.31. The first kappa shape index (κ1) is 28.4. The fourth-order valence-electron chi connectivity index (χ4n) is 6.74. The van der Waals surface area contributed by atoms with Crippen LogP contribution in [-0.2, 0) is 15.0 Å². The fourth-order valence-corrected chi connectivity index (χ4v) is 6.74. The normalized spacial score (nSPS) is 25.1. The molecule has 1 amide bonds. The summed E-state index contributed by atoms with van der Waals surface area (Å²) in [4.78, 5) is 29.7. The molecule has 2 heterocycles. The largest absolute Gasteiger partial charge is 0.490 e. The zero-order valence-electron chi connectivity index (χ0n) is 22.9. The molecule has 1 saturated carbocycles. The summed E-state index contributed by atoms with van der Waals surface area (Å²) in [5, 5.41) is 19.9. The van der Waals surface area contributed by atoms with Crippen molar-refractivity contribution in [2.75, 3.05) is 33.3 Å². The highest BCUT2D eigenvalue weighted by Crippen LogP contribution is 2.45. The van der Waals surface area contributed by atoms with Gasteiger partial charge in [0.1, 0.15) is 0 Å². The molecule has 1 aliphatic carbocycles. The third-order valence-electron chi connectivity index (χ3n) is 9.42. The molecule has 4 rings (SSSR count). The van der Waals surface area contributed by atoms with E-state index in [1.165, 1.54) is 6.07 Å². The van der Waals surface area contributed by atoms with Gasteiger partial charge in [-0.05, 0) is 71.0 Å². The lowest BCUT2D eigenvalue weighted by molar-refractivity contribution is -0.155. The zero-order chi connectivity index (χ0) is 27.3. The summed E-state index contributed by atoms with van der Waals surface area (Å²) in [5.74, 6) is -1.18. The van der Waals surface area contributed by atoms with Gasteiger partial charge in [-0.2, -0.15) is 5.26 Å². The van der Waals surface area contributed by atoms with Crippen LogP contribution in [0.4, 0.5) is 4.39 Å². The molecule has 0 radical (unpaired) electrons. The molecule has 3 fully saturated rings. The van der Waals surface area contributed by atoms with Crippen molar-refractivity contribution < 1.29 is 23.8 Å². The molecule has 208 valence electrons. The lowest BCUT2D eigenvalue weighted by Crippen LogP contribution is -2.50. The number of likely N-dealkylation sites (tertiary alicyclic amines) is 2. The van der Waals surface area contributed by atoms with Gasteiger partial charge in [-0.25, -0.2) is 4.39 Å². The monoisotopic (exact) mass is 527 g/mol. The first-order valence-corrected chi connectivity index (χ1v) is 14.3. The maximum Gasteiger partial charge on any atom is 0.309 e. The Morgan fingerprint density at radius 2 is 1.89 bits per heavy atom. The molecular formula is C30H42FN3O4. The van der Waals surface area contributed by atoms with Gasteiger partial charge in [0.2, 0.25) is 5.91 Å². The Morgan fingerprint density at radius 1 is 1.16 bits per heavy atom. The second kappa shape index (κ2) is 12.0. The van der Waals surface area contributed by atoms with Crippen LogP contribution in [0.3, 0.4) is 0 Å². The first-order chi connectivity index (χ1) is 18.3. The number of carboxylic acid groups (broad SMARTS) is 1. The standard InChI is InChI=1S/C30H42FN3O4/c1-3-8-25-22(9-4-5-17-33(25)2)27(35)34-18-14-30(21-32,15-19-34)23-10-6-11-24(31)26(23)38-20-16-29(28(36)37)12-7-13-29/h6,10-11,22,25H,3-5,7-9,12-20H2,1-2H3,(H,36,37). The minimum atomic E-state index is -0.960. The number of nitriles is 1. The highest BCUT2D eigenvalue weighted by molar-refractivity contribution is 5.80. The number of ether oxygens (including phenoxy) is 1. The molecule has 38 heavy (non-hydrogen) atoms. The third-order valence-corrected chi connectivity index (χ3v) is 9.42. The second-order valence-electron chi connectivity index (χ2n) is 11.6. The Bertz CT molecular complexity index is 1040. The van der Waals surface area contributed by atoms with E-state index in [0.29, 0.717) is 50.8 Å². The van der Waals surface area contributed by atoms with E-state index >= 15 is 4.39 Å². The molecule has 2 aliphatic heterocycles. The first-order valence-electron chi connectivity index (χ1n) is 14.3. The fraction of sp³-hybridized carbons (Fsp3) is 0.700. The van der Waals surface area contributed by atoms with Crippen LogP contribution < -0.4 is 4.74 Å². The number of carbonyl (C=O) groups excluding carboxylic acids is 1. The minimum Gasteiger partial charge on any atom is -0.490 e. The predicted octanol–water partition coefficient (Wildman–Crippen LogP) is 5.13. The van der Waals surface area contributed by atoms with Crippen molar-refractivity contribution in [2.45, 2.75) is 89.0 Å². The third kappa shape index (κ3) is 5.54. The van der Waals surface area contributed by atoms with Gasteiger partial charge in [0.25, 0.3) is 0 Å². The van der Waals surface area contributed by atoms with Gasteiger partial charge in [0, 0.05) is 24.7 Å². The van der Waals surface area contributed by atoms with Crippen molar-refractivity contribution >= 4 is 11.9 Å². The number of hydrogen-bond donors (Lipinski definition) is 1. The van der Waals surface area contributed by atoms with E-state index in [9.17, 15) is 20.0 Å². The van der Waals surface area contributed by atoms with Gasteiger partial charge < -0.3 is 19.6 Å². The molecule has 8 heteroatoms. The van der Waals surface area contributed by atoms with Crippen LogP contribution in [0.25, 0.3) is 0 Å². The molecule has 1 N–H and O–H groups in total. The number of piperidine rings is 1. The van der Waals surface area contributed by atoms with Crippen molar-refractivity contribution in [3.05, 3.63) is 29.6 Å². The molecule has 1 aromatic carbocycles. The lowest BCUT2D eigenvalue weighted by atomic mass is 9.67. The molecule has 3 aliphatic rings.